The van der Waals surface area contributed by atoms with E-state index in [9.17, 15) is 0 Å². The van der Waals surface area contributed by atoms with Crippen LogP contribution in [0.5, 0.6) is 0 Å². The molecule has 54 heavy (non-hydrogen) atoms. The van der Waals surface area contributed by atoms with E-state index in [1.54, 1.807) is 0 Å². The van der Waals surface area contributed by atoms with Gasteiger partial charge in [-0.2, -0.15) is 0 Å². The summed E-state index contributed by atoms with van der Waals surface area (Å²) >= 11 is 1.81. The molecular formula is C52H38OS. The highest BCUT2D eigenvalue weighted by atomic mass is 32.1. The van der Waals surface area contributed by atoms with Crippen LogP contribution in [0.25, 0.3) is 91.1 Å². The lowest BCUT2D eigenvalue weighted by Crippen LogP contribution is -2.05. The van der Waals surface area contributed by atoms with Crippen LogP contribution in [-0.4, -0.2) is 0 Å². The molecule has 0 radical (unpaired) electrons. The van der Waals surface area contributed by atoms with E-state index in [2.05, 4.69) is 173 Å². The molecule has 1 atom stereocenters. The standard InChI is InChI=1S/C52H38OS/c1-5-14-34-25-26-36(29-33(34)4)48-39-17-8-6-15-37(39)47(38-16-7-9-18-40(38)48)32(3)24-23-31(2)35-27-28-46-44(30-35)50-42-20-11-10-19-41(42)49-43-21-12-13-22-45(43)53-51(49)52(50)54-46/h5-28,30,33H,2-3,29H2,1,4H3/b14-5-,24-23-. The molecule has 0 saturated heterocycles. The van der Waals surface area contributed by atoms with Crippen LogP contribution in [-0.2, 0) is 0 Å². The van der Waals surface area contributed by atoms with E-state index in [4.69, 9.17) is 4.42 Å². The van der Waals surface area contributed by atoms with Crippen molar-refractivity contribution in [3.05, 3.63) is 187 Å². The summed E-state index contributed by atoms with van der Waals surface area (Å²) in [6.45, 7) is 13.7. The Labute approximate surface area is 318 Å². The van der Waals surface area contributed by atoms with Crippen LogP contribution >= 0.6 is 11.3 Å². The van der Waals surface area contributed by atoms with Crippen molar-refractivity contribution in [1.29, 1.82) is 0 Å². The highest BCUT2D eigenvalue weighted by Gasteiger charge is 2.22. The van der Waals surface area contributed by atoms with Crippen molar-refractivity contribution in [2.45, 2.75) is 20.3 Å². The van der Waals surface area contributed by atoms with Gasteiger partial charge in [0.25, 0.3) is 0 Å². The number of para-hydroxylation sites is 1. The van der Waals surface area contributed by atoms with Gasteiger partial charge in [0.15, 0.2) is 5.58 Å². The normalized spacial score (nSPS) is 15.2. The van der Waals surface area contributed by atoms with Gasteiger partial charge in [-0.15, -0.1) is 11.3 Å². The summed E-state index contributed by atoms with van der Waals surface area (Å²) < 4.78 is 9.00. The first-order valence-corrected chi connectivity index (χ1v) is 19.5. The zero-order valence-electron chi connectivity index (χ0n) is 30.4. The fraction of sp³-hybridized carbons (Fsp3) is 0.0769. The molecule has 1 aliphatic carbocycles. The van der Waals surface area contributed by atoms with Gasteiger partial charge in [0.1, 0.15) is 5.58 Å². The van der Waals surface area contributed by atoms with Crippen LogP contribution in [0.15, 0.2) is 175 Å². The van der Waals surface area contributed by atoms with Crippen LogP contribution in [0.2, 0.25) is 0 Å². The second-order valence-electron chi connectivity index (χ2n) is 14.6. The summed E-state index contributed by atoms with van der Waals surface area (Å²) in [4.78, 5) is 0. The van der Waals surface area contributed by atoms with Crippen molar-refractivity contribution in [2.24, 2.45) is 5.92 Å². The minimum Gasteiger partial charge on any atom is -0.455 e. The van der Waals surface area contributed by atoms with Gasteiger partial charge in [-0.25, -0.2) is 0 Å². The van der Waals surface area contributed by atoms with Gasteiger partial charge in [-0.3, -0.25) is 0 Å². The second-order valence-corrected chi connectivity index (χ2v) is 15.6. The molecule has 0 spiro atoms. The molecule has 0 bridgehead atoms. The monoisotopic (exact) mass is 710 g/mol. The smallest absolute Gasteiger partial charge is 0.153 e. The minimum atomic E-state index is 0.457. The number of furan rings is 1. The predicted molar refractivity (Wildman–Crippen MR) is 237 cm³/mol. The molecule has 2 heteroatoms. The Bertz CT molecular complexity index is 3130. The summed E-state index contributed by atoms with van der Waals surface area (Å²) in [7, 11) is 0. The first-order chi connectivity index (χ1) is 26.5. The molecule has 0 saturated carbocycles. The summed E-state index contributed by atoms with van der Waals surface area (Å²) in [5.41, 5.74) is 10.2. The lowest BCUT2D eigenvalue weighted by Gasteiger charge is -2.24. The van der Waals surface area contributed by atoms with Crippen molar-refractivity contribution in [3.63, 3.8) is 0 Å². The van der Waals surface area contributed by atoms with E-state index in [-0.39, 0.29) is 0 Å². The van der Waals surface area contributed by atoms with Crippen LogP contribution < -0.4 is 0 Å². The van der Waals surface area contributed by atoms with Gasteiger partial charge in [-0.1, -0.05) is 154 Å². The van der Waals surface area contributed by atoms with Crippen molar-refractivity contribution in [3.8, 4) is 0 Å². The third kappa shape index (κ3) is 4.98. The molecule has 0 amide bonds. The van der Waals surface area contributed by atoms with Gasteiger partial charge < -0.3 is 4.42 Å². The zero-order chi connectivity index (χ0) is 36.5. The summed E-state index contributed by atoms with van der Waals surface area (Å²) in [6.07, 6.45) is 14.3. The van der Waals surface area contributed by atoms with E-state index in [1.807, 2.05) is 17.4 Å². The topological polar surface area (TPSA) is 13.1 Å². The fourth-order valence-electron chi connectivity index (χ4n) is 8.79. The van der Waals surface area contributed by atoms with Gasteiger partial charge >= 0.3 is 0 Å². The van der Waals surface area contributed by atoms with Crippen LogP contribution in [0.3, 0.4) is 0 Å². The highest BCUT2D eigenvalue weighted by molar-refractivity contribution is 7.26. The van der Waals surface area contributed by atoms with Gasteiger partial charge in [0.2, 0.25) is 0 Å². The lowest BCUT2D eigenvalue weighted by molar-refractivity contribution is 0.673. The van der Waals surface area contributed by atoms with E-state index in [1.165, 1.54) is 80.1 Å². The summed E-state index contributed by atoms with van der Waals surface area (Å²) in [6, 6.07) is 41.5. The quantitative estimate of drug-likeness (QED) is 0.124. The molecule has 258 valence electrons. The molecule has 0 aliphatic heterocycles. The van der Waals surface area contributed by atoms with Crippen LogP contribution in [0.4, 0.5) is 0 Å². The van der Waals surface area contributed by atoms with Gasteiger partial charge in [0, 0.05) is 26.2 Å². The highest BCUT2D eigenvalue weighted by Crippen LogP contribution is 2.48. The average molecular weight is 711 g/mol. The largest absolute Gasteiger partial charge is 0.455 e. The Hall–Kier alpha value is -6.22. The molecule has 7 aromatic carbocycles. The molecule has 1 aliphatic rings. The maximum absolute atomic E-state index is 6.57. The molecule has 1 nitrogen and oxygen atoms in total. The number of thiophene rings is 1. The Balaban J connectivity index is 1.07. The van der Waals surface area contributed by atoms with E-state index in [0.717, 1.165) is 39.7 Å². The predicted octanol–water partition coefficient (Wildman–Crippen LogP) is 15.6. The average Bonchev–Trinajstić information content (AvgIpc) is 3.79. The van der Waals surface area contributed by atoms with E-state index in [0.29, 0.717) is 5.92 Å². The third-order valence-electron chi connectivity index (χ3n) is 11.3. The molecular weight excluding hydrogens is 673 g/mol. The van der Waals surface area contributed by atoms with Gasteiger partial charge in [0.05, 0.1) is 4.70 Å². The molecule has 1 unspecified atom stereocenters. The Morgan fingerprint density at radius 3 is 1.96 bits per heavy atom. The SMILES string of the molecule is C=C(/C=C\C(=C)c1c2ccccc2c(C2=CC=C(/C=C\C)C(C)C2)c2ccccc12)c1ccc2sc3c4oc5ccccc5c4c4ccccc4c3c2c1. The van der Waals surface area contributed by atoms with Crippen molar-refractivity contribution in [2.75, 3.05) is 0 Å². The number of fused-ring (bicyclic) bond motifs is 12. The third-order valence-corrected chi connectivity index (χ3v) is 12.5. The van der Waals surface area contributed by atoms with Gasteiger partial charge in [-0.05, 0) is 109 Å². The number of hydrogen-bond donors (Lipinski definition) is 0. The Morgan fingerprint density at radius 2 is 1.28 bits per heavy atom. The number of benzene rings is 7. The maximum Gasteiger partial charge on any atom is 0.153 e. The zero-order valence-corrected chi connectivity index (χ0v) is 31.3. The molecule has 10 rings (SSSR count). The Kier molecular flexibility index (Phi) is 7.64. The van der Waals surface area contributed by atoms with Crippen molar-refractivity contribution < 1.29 is 4.42 Å². The summed E-state index contributed by atoms with van der Waals surface area (Å²) in [5.74, 6) is 0.457. The van der Waals surface area contributed by atoms with Crippen LogP contribution in [0.1, 0.15) is 37.0 Å². The van der Waals surface area contributed by atoms with Crippen molar-refractivity contribution in [1.82, 2.24) is 0 Å². The minimum absolute atomic E-state index is 0.457. The number of rotatable bonds is 6. The number of allylic oxidation sites excluding steroid dienone is 10. The molecule has 0 fully saturated rings. The Morgan fingerprint density at radius 1 is 0.667 bits per heavy atom. The first-order valence-electron chi connectivity index (χ1n) is 18.7. The molecule has 0 N–H and O–H groups in total. The van der Waals surface area contributed by atoms with Crippen molar-refractivity contribution >= 4 is 102 Å². The molecule has 2 aromatic heterocycles. The molecule has 9 aromatic rings. The number of hydrogen-bond acceptors (Lipinski definition) is 2. The maximum atomic E-state index is 6.57. The lowest BCUT2D eigenvalue weighted by atomic mass is 9.80. The fourth-order valence-corrected chi connectivity index (χ4v) is 9.98. The van der Waals surface area contributed by atoms with Crippen LogP contribution in [0, 0.1) is 5.92 Å². The molecule has 2 heterocycles. The van der Waals surface area contributed by atoms with E-state index < -0.39 is 0 Å². The summed E-state index contributed by atoms with van der Waals surface area (Å²) in [5, 5.41) is 12.3. The first kappa shape index (κ1) is 32.4. The van der Waals surface area contributed by atoms with E-state index >= 15 is 0 Å². The second kappa shape index (κ2) is 12.7.